The summed E-state index contributed by atoms with van der Waals surface area (Å²) in [6, 6.07) is 14.6. The zero-order chi connectivity index (χ0) is 22.9. The first-order valence-corrected chi connectivity index (χ1v) is 10.7. The number of likely N-dealkylation sites (tertiary alicyclic amines) is 1. The molecular formula is C25H19ClN2O5. The molecule has 8 heteroatoms. The van der Waals surface area contributed by atoms with Gasteiger partial charge in [0, 0.05) is 29.5 Å². The van der Waals surface area contributed by atoms with Crippen molar-refractivity contribution in [3.05, 3.63) is 94.3 Å². The summed E-state index contributed by atoms with van der Waals surface area (Å²) in [5, 5.41) is 11.7. The molecule has 0 radical (unpaired) electrons. The molecule has 5 rings (SSSR count). The molecule has 7 nitrogen and oxygen atoms in total. The third kappa shape index (κ3) is 3.91. The fourth-order valence-electron chi connectivity index (χ4n) is 4.07. The molecule has 1 unspecified atom stereocenters. The van der Waals surface area contributed by atoms with Crippen molar-refractivity contribution in [2.45, 2.75) is 12.6 Å². The normalized spacial score (nSPS) is 19.1. The molecule has 0 saturated carbocycles. The van der Waals surface area contributed by atoms with Gasteiger partial charge in [-0.05, 0) is 47.5 Å². The van der Waals surface area contributed by atoms with Gasteiger partial charge in [0.25, 0.3) is 11.7 Å². The lowest BCUT2D eigenvalue weighted by Gasteiger charge is -2.25. The minimum atomic E-state index is -0.796. The Morgan fingerprint density at radius 1 is 1.06 bits per heavy atom. The Morgan fingerprint density at radius 3 is 2.55 bits per heavy atom. The first-order chi connectivity index (χ1) is 16.0. The number of fused-ring (bicyclic) bond motifs is 1. The molecule has 3 aromatic rings. The minimum Gasteiger partial charge on any atom is -0.507 e. The number of nitrogens with zero attached hydrogens (tertiary/aromatic N) is 2. The van der Waals surface area contributed by atoms with Crippen molar-refractivity contribution in [2.75, 3.05) is 13.2 Å². The monoisotopic (exact) mass is 462 g/mol. The summed E-state index contributed by atoms with van der Waals surface area (Å²) >= 11 is 6.06. The predicted molar refractivity (Wildman–Crippen MR) is 121 cm³/mol. The highest BCUT2D eigenvalue weighted by atomic mass is 35.5. The van der Waals surface area contributed by atoms with E-state index in [0.29, 0.717) is 40.9 Å². The van der Waals surface area contributed by atoms with Gasteiger partial charge in [-0.25, -0.2) is 0 Å². The van der Waals surface area contributed by atoms with Crippen LogP contribution in [0.2, 0.25) is 5.02 Å². The molecule has 2 aromatic carbocycles. The van der Waals surface area contributed by atoms with E-state index in [4.69, 9.17) is 21.1 Å². The van der Waals surface area contributed by atoms with Crippen molar-refractivity contribution in [2.24, 2.45) is 0 Å². The van der Waals surface area contributed by atoms with Crippen LogP contribution >= 0.6 is 11.6 Å². The third-order valence-corrected chi connectivity index (χ3v) is 5.87. The van der Waals surface area contributed by atoms with E-state index in [9.17, 15) is 14.7 Å². The summed E-state index contributed by atoms with van der Waals surface area (Å²) in [5.74, 6) is -0.704. The average Bonchev–Trinajstić information content (AvgIpc) is 3.09. The molecule has 1 aromatic heterocycles. The van der Waals surface area contributed by atoms with Crippen LogP contribution in [-0.2, 0) is 16.1 Å². The molecule has 1 atom stereocenters. The smallest absolute Gasteiger partial charge is 0.295 e. The van der Waals surface area contributed by atoms with Crippen molar-refractivity contribution in [1.82, 2.24) is 9.88 Å². The van der Waals surface area contributed by atoms with E-state index in [-0.39, 0.29) is 17.9 Å². The summed E-state index contributed by atoms with van der Waals surface area (Å²) in [6.07, 6.45) is 3.27. The van der Waals surface area contributed by atoms with Gasteiger partial charge in [0.15, 0.2) is 11.5 Å². The number of carbonyl (C=O) groups is 2. The van der Waals surface area contributed by atoms with Crippen LogP contribution in [-0.4, -0.2) is 39.9 Å². The second kappa shape index (κ2) is 8.60. The maximum atomic E-state index is 13.2. The van der Waals surface area contributed by atoms with Gasteiger partial charge in [0.2, 0.25) is 0 Å². The van der Waals surface area contributed by atoms with E-state index in [0.717, 1.165) is 5.56 Å². The van der Waals surface area contributed by atoms with E-state index in [2.05, 4.69) is 4.98 Å². The molecule has 0 bridgehead atoms. The van der Waals surface area contributed by atoms with E-state index in [1.54, 1.807) is 60.9 Å². The molecule has 2 aliphatic rings. The fraction of sp³-hybridized carbons (Fsp3) is 0.160. The molecular weight excluding hydrogens is 444 g/mol. The summed E-state index contributed by atoms with van der Waals surface area (Å²) in [7, 11) is 0. The largest absolute Gasteiger partial charge is 0.507 e. The maximum absolute atomic E-state index is 13.2. The number of aromatic nitrogens is 1. The number of halogens is 1. The van der Waals surface area contributed by atoms with Crippen molar-refractivity contribution in [1.29, 1.82) is 0 Å². The number of aliphatic hydroxyl groups is 1. The first-order valence-electron chi connectivity index (χ1n) is 10.4. The van der Waals surface area contributed by atoms with E-state index in [1.807, 2.05) is 6.07 Å². The standard InChI is InChI=1S/C25H19ClN2O5/c26-18-6-3-16(4-7-18)22-21(23(29)17-5-8-19-20(12-17)33-11-10-32-19)24(30)25(31)28(22)14-15-2-1-9-27-13-15/h1-9,12-13,22,29H,10-11,14H2. The summed E-state index contributed by atoms with van der Waals surface area (Å²) in [6.45, 7) is 0.982. The Kier molecular flexibility index (Phi) is 5.48. The molecule has 1 saturated heterocycles. The van der Waals surface area contributed by atoms with E-state index >= 15 is 0 Å². The van der Waals surface area contributed by atoms with Crippen LogP contribution in [0.15, 0.2) is 72.6 Å². The number of Topliss-reactive ketones (excluding diaryl/α,β-unsaturated/α-hetero) is 1. The van der Waals surface area contributed by atoms with Gasteiger partial charge in [-0.1, -0.05) is 29.8 Å². The van der Waals surface area contributed by atoms with Crippen LogP contribution in [0.25, 0.3) is 5.76 Å². The quantitative estimate of drug-likeness (QED) is 0.356. The zero-order valence-electron chi connectivity index (χ0n) is 17.4. The number of carbonyl (C=O) groups excluding carboxylic acids is 2. The van der Waals surface area contributed by atoms with Crippen LogP contribution in [0.3, 0.4) is 0 Å². The van der Waals surface area contributed by atoms with Crippen LogP contribution < -0.4 is 9.47 Å². The number of amides is 1. The van der Waals surface area contributed by atoms with E-state index < -0.39 is 17.7 Å². The summed E-state index contributed by atoms with van der Waals surface area (Å²) in [4.78, 5) is 31.8. The molecule has 3 heterocycles. The summed E-state index contributed by atoms with van der Waals surface area (Å²) in [5.41, 5.74) is 1.78. The molecule has 2 aliphatic heterocycles. The lowest BCUT2D eigenvalue weighted by atomic mass is 9.95. The highest BCUT2D eigenvalue weighted by Gasteiger charge is 2.46. The van der Waals surface area contributed by atoms with E-state index in [1.165, 1.54) is 4.90 Å². The molecule has 1 N–H and O–H groups in total. The highest BCUT2D eigenvalue weighted by molar-refractivity contribution is 6.46. The summed E-state index contributed by atoms with van der Waals surface area (Å²) < 4.78 is 11.1. The van der Waals surface area contributed by atoms with Gasteiger partial charge in [-0.15, -0.1) is 0 Å². The van der Waals surface area contributed by atoms with Gasteiger partial charge in [-0.2, -0.15) is 0 Å². The molecule has 1 fully saturated rings. The number of rotatable bonds is 4. The number of aliphatic hydroxyl groups excluding tert-OH is 1. The molecule has 0 spiro atoms. The Morgan fingerprint density at radius 2 is 1.82 bits per heavy atom. The number of benzene rings is 2. The second-order valence-corrected chi connectivity index (χ2v) is 8.13. The van der Waals surface area contributed by atoms with Crippen molar-refractivity contribution >= 4 is 29.1 Å². The number of pyridine rings is 1. The second-order valence-electron chi connectivity index (χ2n) is 7.70. The van der Waals surface area contributed by atoms with Crippen molar-refractivity contribution in [3.63, 3.8) is 0 Å². The maximum Gasteiger partial charge on any atom is 0.295 e. The van der Waals surface area contributed by atoms with Crippen LogP contribution in [0.5, 0.6) is 11.5 Å². The predicted octanol–water partition coefficient (Wildman–Crippen LogP) is 4.13. The first kappa shape index (κ1) is 21.0. The molecule has 0 aliphatic carbocycles. The molecule has 33 heavy (non-hydrogen) atoms. The Bertz CT molecular complexity index is 1260. The van der Waals surface area contributed by atoms with Crippen molar-refractivity contribution < 1.29 is 24.2 Å². The molecule has 1 amide bonds. The SMILES string of the molecule is O=C1C(=O)N(Cc2cccnc2)C(c2ccc(Cl)cc2)C1=C(O)c1ccc2c(c1)OCCO2. The fourth-order valence-corrected chi connectivity index (χ4v) is 4.20. The van der Waals surface area contributed by atoms with Gasteiger partial charge >= 0.3 is 0 Å². The Labute approximate surface area is 194 Å². The third-order valence-electron chi connectivity index (χ3n) is 5.62. The molecule has 166 valence electrons. The number of hydrogen-bond donors (Lipinski definition) is 1. The Hall–Kier alpha value is -3.84. The zero-order valence-corrected chi connectivity index (χ0v) is 18.2. The number of ketones is 1. The number of ether oxygens (including phenoxy) is 2. The topological polar surface area (TPSA) is 89.0 Å². The Balaban J connectivity index is 1.63. The van der Waals surface area contributed by atoms with Crippen LogP contribution in [0.4, 0.5) is 0 Å². The minimum absolute atomic E-state index is 0.00268. The number of hydrogen-bond acceptors (Lipinski definition) is 6. The van der Waals surface area contributed by atoms with Crippen molar-refractivity contribution in [3.8, 4) is 11.5 Å². The van der Waals surface area contributed by atoms with Crippen LogP contribution in [0.1, 0.15) is 22.7 Å². The van der Waals surface area contributed by atoms with Gasteiger partial charge < -0.3 is 19.5 Å². The lowest BCUT2D eigenvalue weighted by Crippen LogP contribution is -2.29. The van der Waals surface area contributed by atoms with Crippen LogP contribution in [0, 0.1) is 0 Å². The van der Waals surface area contributed by atoms with Gasteiger partial charge in [0.1, 0.15) is 19.0 Å². The van der Waals surface area contributed by atoms with Gasteiger partial charge in [-0.3, -0.25) is 14.6 Å². The lowest BCUT2D eigenvalue weighted by molar-refractivity contribution is -0.140. The highest BCUT2D eigenvalue weighted by Crippen LogP contribution is 2.42. The van der Waals surface area contributed by atoms with Gasteiger partial charge in [0.05, 0.1) is 11.6 Å². The average molecular weight is 463 g/mol.